The Labute approximate surface area is 103 Å². The molecule has 0 spiro atoms. The van der Waals surface area contributed by atoms with Crippen LogP contribution in [0.2, 0.25) is 0 Å². The van der Waals surface area contributed by atoms with E-state index in [1.807, 2.05) is 31.2 Å². The number of hydrogen-bond donors (Lipinski definition) is 2. The Bertz CT molecular complexity index is 403. The van der Waals surface area contributed by atoms with E-state index in [-0.39, 0.29) is 11.8 Å². The summed E-state index contributed by atoms with van der Waals surface area (Å²) in [6, 6.07) is 8.35. The average Bonchev–Trinajstić information content (AvgIpc) is 2.32. The highest BCUT2D eigenvalue weighted by molar-refractivity contribution is 5.93. The molecule has 1 amide bonds. The van der Waals surface area contributed by atoms with Gasteiger partial charge in [-0.3, -0.25) is 4.79 Å². The molecule has 3 heteroatoms. The van der Waals surface area contributed by atoms with Crippen LogP contribution in [0.25, 0.3) is 0 Å². The minimum atomic E-state index is 0.144. The van der Waals surface area contributed by atoms with Gasteiger partial charge < -0.3 is 10.6 Å². The number of carbonyl (C=O) groups is 1. The molecule has 1 fully saturated rings. The number of para-hydroxylation sites is 1. The van der Waals surface area contributed by atoms with Crippen LogP contribution in [0.1, 0.15) is 25.3 Å². The van der Waals surface area contributed by atoms with E-state index in [2.05, 4.69) is 17.6 Å². The third-order valence-electron chi connectivity index (χ3n) is 3.40. The highest BCUT2D eigenvalue weighted by Gasteiger charge is 2.24. The van der Waals surface area contributed by atoms with Crippen LogP contribution in [-0.2, 0) is 4.79 Å². The van der Waals surface area contributed by atoms with Crippen LogP contribution in [0.4, 0.5) is 5.69 Å². The second-order valence-corrected chi connectivity index (χ2v) is 4.88. The molecular weight excluding hydrogens is 212 g/mol. The molecule has 17 heavy (non-hydrogen) atoms. The zero-order valence-electron chi connectivity index (χ0n) is 10.5. The van der Waals surface area contributed by atoms with Crippen molar-refractivity contribution >= 4 is 11.6 Å². The van der Waals surface area contributed by atoms with Gasteiger partial charge in [-0.25, -0.2) is 0 Å². The second kappa shape index (κ2) is 5.32. The Morgan fingerprint density at radius 1 is 1.41 bits per heavy atom. The number of aryl methyl sites for hydroxylation is 1. The normalized spacial score (nSPS) is 24.4. The SMILES string of the molecule is Cc1ccccc1NC(=O)[C@H]1CCN[C@@H](C)C1. The number of hydrogen-bond acceptors (Lipinski definition) is 2. The summed E-state index contributed by atoms with van der Waals surface area (Å²) in [5, 5.41) is 6.40. The Balaban J connectivity index is 1.99. The van der Waals surface area contributed by atoms with Crippen LogP contribution < -0.4 is 10.6 Å². The predicted octanol–water partition coefficient (Wildman–Crippen LogP) is 2.32. The molecule has 0 aliphatic carbocycles. The first-order valence-electron chi connectivity index (χ1n) is 6.26. The highest BCUT2D eigenvalue weighted by Crippen LogP contribution is 2.20. The molecule has 2 N–H and O–H groups in total. The molecule has 3 nitrogen and oxygen atoms in total. The standard InChI is InChI=1S/C14H20N2O/c1-10-5-3-4-6-13(10)16-14(17)12-7-8-15-11(2)9-12/h3-6,11-12,15H,7-9H2,1-2H3,(H,16,17)/t11-,12-/m0/s1. The monoisotopic (exact) mass is 232 g/mol. The molecule has 1 aliphatic heterocycles. The summed E-state index contributed by atoms with van der Waals surface area (Å²) < 4.78 is 0. The molecule has 2 rings (SSSR count). The summed E-state index contributed by atoms with van der Waals surface area (Å²) in [6.07, 6.45) is 1.86. The lowest BCUT2D eigenvalue weighted by molar-refractivity contribution is -0.120. The minimum absolute atomic E-state index is 0.144. The number of nitrogens with one attached hydrogen (secondary N) is 2. The fraction of sp³-hybridized carbons (Fsp3) is 0.500. The molecule has 0 aromatic heterocycles. The highest BCUT2D eigenvalue weighted by atomic mass is 16.1. The van der Waals surface area contributed by atoms with Crippen molar-refractivity contribution in [1.29, 1.82) is 0 Å². The van der Waals surface area contributed by atoms with Crippen LogP contribution in [0.15, 0.2) is 24.3 Å². The second-order valence-electron chi connectivity index (χ2n) is 4.88. The maximum absolute atomic E-state index is 12.1. The lowest BCUT2D eigenvalue weighted by atomic mass is 9.92. The van der Waals surface area contributed by atoms with E-state index >= 15 is 0 Å². The summed E-state index contributed by atoms with van der Waals surface area (Å²) in [5.41, 5.74) is 2.05. The Morgan fingerprint density at radius 2 is 2.18 bits per heavy atom. The van der Waals surface area contributed by atoms with Gasteiger partial charge in [0, 0.05) is 17.6 Å². The lowest BCUT2D eigenvalue weighted by Crippen LogP contribution is -2.40. The van der Waals surface area contributed by atoms with Gasteiger partial charge in [-0.2, -0.15) is 0 Å². The number of rotatable bonds is 2. The summed E-state index contributed by atoms with van der Waals surface area (Å²) in [7, 11) is 0. The molecule has 92 valence electrons. The average molecular weight is 232 g/mol. The first-order valence-corrected chi connectivity index (χ1v) is 6.26. The number of anilines is 1. The Morgan fingerprint density at radius 3 is 2.88 bits per heavy atom. The predicted molar refractivity (Wildman–Crippen MR) is 70.0 cm³/mol. The van der Waals surface area contributed by atoms with E-state index in [4.69, 9.17) is 0 Å². The summed E-state index contributed by atoms with van der Waals surface area (Å²) in [4.78, 5) is 12.1. The van der Waals surface area contributed by atoms with Crippen LogP contribution in [0.5, 0.6) is 0 Å². The quantitative estimate of drug-likeness (QED) is 0.821. The molecule has 1 aromatic carbocycles. The van der Waals surface area contributed by atoms with Crippen LogP contribution >= 0.6 is 0 Å². The van der Waals surface area contributed by atoms with Crippen LogP contribution in [-0.4, -0.2) is 18.5 Å². The van der Waals surface area contributed by atoms with Gasteiger partial charge in [-0.1, -0.05) is 18.2 Å². The van der Waals surface area contributed by atoms with Crippen molar-refractivity contribution in [2.45, 2.75) is 32.7 Å². The number of benzene rings is 1. The number of amides is 1. The van der Waals surface area contributed by atoms with Crippen LogP contribution in [0, 0.1) is 12.8 Å². The largest absolute Gasteiger partial charge is 0.326 e. The molecular formula is C14H20N2O. The van der Waals surface area contributed by atoms with Gasteiger partial charge in [0.1, 0.15) is 0 Å². The topological polar surface area (TPSA) is 41.1 Å². The van der Waals surface area contributed by atoms with Gasteiger partial charge in [0.25, 0.3) is 0 Å². The van der Waals surface area contributed by atoms with Gasteiger partial charge in [0.15, 0.2) is 0 Å². The van der Waals surface area contributed by atoms with Crippen molar-refractivity contribution in [1.82, 2.24) is 5.32 Å². The molecule has 2 atom stereocenters. The third kappa shape index (κ3) is 3.07. The van der Waals surface area contributed by atoms with Gasteiger partial charge >= 0.3 is 0 Å². The fourth-order valence-electron chi connectivity index (χ4n) is 2.32. The Hall–Kier alpha value is -1.35. The molecule has 0 radical (unpaired) electrons. The van der Waals surface area contributed by atoms with Crippen LogP contribution in [0.3, 0.4) is 0 Å². The van der Waals surface area contributed by atoms with Crippen molar-refractivity contribution in [3.63, 3.8) is 0 Å². The molecule has 1 saturated heterocycles. The van der Waals surface area contributed by atoms with E-state index in [9.17, 15) is 4.79 Å². The zero-order valence-corrected chi connectivity index (χ0v) is 10.5. The third-order valence-corrected chi connectivity index (χ3v) is 3.40. The van der Waals surface area contributed by atoms with E-state index in [1.165, 1.54) is 0 Å². The maximum Gasteiger partial charge on any atom is 0.227 e. The molecule has 0 unspecified atom stereocenters. The van der Waals surface area contributed by atoms with Crippen molar-refractivity contribution in [2.24, 2.45) is 5.92 Å². The summed E-state index contributed by atoms with van der Waals surface area (Å²) in [6.45, 7) is 5.08. The first-order chi connectivity index (χ1) is 8.16. The van der Waals surface area contributed by atoms with Crippen molar-refractivity contribution in [3.8, 4) is 0 Å². The number of piperidine rings is 1. The molecule has 1 aliphatic rings. The first kappa shape index (κ1) is 12.1. The molecule has 0 bridgehead atoms. The zero-order chi connectivity index (χ0) is 12.3. The molecule has 1 aromatic rings. The molecule has 1 heterocycles. The van der Waals surface area contributed by atoms with E-state index < -0.39 is 0 Å². The fourth-order valence-corrected chi connectivity index (χ4v) is 2.32. The number of carbonyl (C=O) groups excluding carboxylic acids is 1. The Kier molecular flexibility index (Phi) is 3.79. The van der Waals surface area contributed by atoms with E-state index in [1.54, 1.807) is 0 Å². The van der Waals surface area contributed by atoms with E-state index in [0.29, 0.717) is 6.04 Å². The van der Waals surface area contributed by atoms with Crippen molar-refractivity contribution in [3.05, 3.63) is 29.8 Å². The summed E-state index contributed by atoms with van der Waals surface area (Å²) >= 11 is 0. The van der Waals surface area contributed by atoms with Gasteiger partial charge in [0.2, 0.25) is 5.91 Å². The van der Waals surface area contributed by atoms with Gasteiger partial charge in [-0.15, -0.1) is 0 Å². The van der Waals surface area contributed by atoms with E-state index in [0.717, 1.165) is 30.6 Å². The van der Waals surface area contributed by atoms with Gasteiger partial charge in [-0.05, 0) is 44.9 Å². The minimum Gasteiger partial charge on any atom is -0.326 e. The maximum atomic E-state index is 12.1. The molecule has 0 saturated carbocycles. The van der Waals surface area contributed by atoms with Crippen molar-refractivity contribution in [2.75, 3.05) is 11.9 Å². The summed E-state index contributed by atoms with van der Waals surface area (Å²) in [5.74, 6) is 0.304. The lowest BCUT2D eigenvalue weighted by Gasteiger charge is -2.27. The van der Waals surface area contributed by atoms with Crippen molar-refractivity contribution < 1.29 is 4.79 Å². The van der Waals surface area contributed by atoms with Gasteiger partial charge in [0.05, 0.1) is 0 Å². The smallest absolute Gasteiger partial charge is 0.227 e.